The van der Waals surface area contributed by atoms with E-state index in [9.17, 15) is 9.59 Å². The van der Waals surface area contributed by atoms with Gasteiger partial charge in [-0.25, -0.2) is 4.79 Å². The number of ether oxygens (including phenoxy) is 2. The van der Waals surface area contributed by atoms with E-state index in [-0.39, 0.29) is 13.2 Å². The highest BCUT2D eigenvalue weighted by Crippen LogP contribution is 2.20. The maximum Gasteiger partial charge on any atom is 0.344 e. The molecule has 0 aliphatic heterocycles. The summed E-state index contributed by atoms with van der Waals surface area (Å²) in [5, 5.41) is 2.70. The van der Waals surface area contributed by atoms with Crippen LogP contribution in [0.15, 0.2) is 40.9 Å². The minimum atomic E-state index is -0.596. The topological polar surface area (TPSA) is 64.6 Å². The van der Waals surface area contributed by atoms with Gasteiger partial charge in [0.25, 0.3) is 5.91 Å². The third kappa shape index (κ3) is 5.90. The van der Waals surface area contributed by atoms with Crippen LogP contribution in [-0.2, 0) is 14.3 Å². The zero-order valence-electron chi connectivity index (χ0n) is 14.4. The van der Waals surface area contributed by atoms with Crippen molar-refractivity contribution < 1.29 is 19.1 Å². The van der Waals surface area contributed by atoms with E-state index in [0.29, 0.717) is 11.4 Å². The van der Waals surface area contributed by atoms with Gasteiger partial charge in [0.05, 0.1) is 0 Å². The van der Waals surface area contributed by atoms with Crippen molar-refractivity contribution in [3.63, 3.8) is 0 Å². The number of amides is 1. The number of nitrogens with one attached hydrogen (secondary N) is 1. The second-order valence-electron chi connectivity index (χ2n) is 5.70. The number of rotatable bonds is 6. The van der Waals surface area contributed by atoms with Gasteiger partial charge in [0, 0.05) is 10.2 Å². The lowest BCUT2D eigenvalue weighted by atomic mass is 10.1. The summed E-state index contributed by atoms with van der Waals surface area (Å²) in [6.07, 6.45) is 0. The Morgan fingerprint density at radius 1 is 0.960 bits per heavy atom. The molecule has 0 aliphatic rings. The number of aryl methyl sites for hydroxylation is 3. The van der Waals surface area contributed by atoms with E-state index in [1.54, 1.807) is 12.1 Å². The third-order valence-corrected chi connectivity index (χ3v) is 4.16. The quantitative estimate of drug-likeness (QED) is 0.739. The average Bonchev–Trinajstić information content (AvgIpc) is 2.56. The molecule has 2 aromatic carbocycles. The SMILES string of the molecule is Cc1ccc(OCC(=O)OCC(=O)Nc2ccc(Br)cc2C)cc1C. The molecule has 25 heavy (non-hydrogen) atoms. The Morgan fingerprint density at radius 3 is 2.40 bits per heavy atom. The highest BCUT2D eigenvalue weighted by atomic mass is 79.9. The molecule has 1 N–H and O–H groups in total. The van der Waals surface area contributed by atoms with Gasteiger partial charge in [0.15, 0.2) is 13.2 Å². The molecule has 0 saturated carbocycles. The van der Waals surface area contributed by atoms with Gasteiger partial charge in [0.1, 0.15) is 5.75 Å². The molecule has 0 fully saturated rings. The van der Waals surface area contributed by atoms with Crippen LogP contribution in [0.4, 0.5) is 5.69 Å². The number of carbonyl (C=O) groups is 2. The number of hydrogen-bond acceptors (Lipinski definition) is 4. The van der Waals surface area contributed by atoms with Gasteiger partial charge >= 0.3 is 5.97 Å². The lowest BCUT2D eigenvalue weighted by Crippen LogP contribution is -2.24. The number of anilines is 1. The van der Waals surface area contributed by atoms with Gasteiger partial charge in [-0.2, -0.15) is 0 Å². The fourth-order valence-electron chi connectivity index (χ4n) is 2.09. The second kappa shape index (κ2) is 8.67. The first-order valence-electron chi connectivity index (χ1n) is 7.77. The first-order valence-corrected chi connectivity index (χ1v) is 8.56. The van der Waals surface area contributed by atoms with Gasteiger partial charge < -0.3 is 14.8 Å². The van der Waals surface area contributed by atoms with Crippen molar-refractivity contribution >= 4 is 33.5 Å². The highest BCUT2D eigenvalue weighted by Gasteiger charge is 2.10. The monoisotopic (exact) mass is 405 g/mol. The predicted octanol–water partition coefficient (Wildman–Crippen LogP) is 3.94. The van der Waals surface area contributed by atoms with Crippen LogP contribution in [0.25, 0.3) is 0 Å². The molecule has 0 unspecified atom stereocenters. The summed E-state index contributed by atoms with van der Waals surface area (Å²) in [7, 11) is 0. The summed E-state index contributed by atoms with van der Waals surface area (Å²) < 4.78 is 11.2. The first-order chi connectivity index (χ1) is 11.8. The van der Waals surface area contributed by atoms with Crippen LogP contribution in [0.1, 0.15) is 16.7 Å². The highest BCUT2D eigenvalue weighted by molar-refractivity contribution is 9.10. The van der Waals surface area contributed by atoms with Crippen molar-refractivity contribution in [2.45, 2.75) is 20.8 Å². The molecular formula is C19H20BrNO4. The number of benzene rings is 2. The Labute approximate surface area is 155 Å². The zero-order valence-corrected chi connectivity index (χ0v) is 16.0. The predicted molar refractivity (Wildman–Crippen MR) is 99.9 cm³/mol. The van der Waals surface area contributed by atoms with Crippen molar-refractivity contribution in [3.8, 4) is 5.75 Å². The number of carbonyl (C=O) groups excluding carboxylic acids is 2. The van der Waals surface area contributed by atoms with Crippen molar-refractivity contribution in [2.24, 2.45) is 0 Å². The van der Waals surface area contributed by atoms with Crippen molar-refractivity contribution in [1.82, 2.24) is 0 Å². The van der Waals surface area contributed by atoms with Gasteiger partial charge in [-0.15, -0.1) is 0 Å². The Balaban J connectivity index is 1.77. The van der Waals surface area contributed by atoms with E-state index < -0.39 is 11.9 Å². The molecule has 0 radical (unpaired) electrons. The molecule has 0 atom stereocenters. The Kier molecular flexibility index (Phi) is 6.58. The van der Waals surface area contributed by atoms with Crippen LogP contribution in [0.2, 0.25) is 0 Å². The number of esters is 1. The van der Waals surface area contributed by atoms with Gasteiger partial charge in [-0.05, 0) is 67.8 Å². The molecule has 2 aromatic rings. The molecule has 0 aromatic heterocycles. The molecule has 2 rings (SSSR count). The maximum atomic E-state index is 11.9. The van der Waals surface area contributed by atoms with Crippen molar-refractivity contribution in [3.05, 3.63) is 57.6 Å². The molecule has 0 heterocycles. The van der Waals surface area contributed by atoms with E-state index in [1.807, 2.05) is 45.0 Å². The smallest absolute Gasteiger partial charge is 0.344 e. The summed E-state index contributed by atoms with van der Waals surface area (Å²) in [6, 6.07) is 11.1. The lowest BCUT2D eigenvalue weighted by Gasteiger charge is -2.10. The van der Waals surface area contributed by atoms with E-state index in [2.05, 4.69) is 21.2 Å². The van der Waals surface area contributed by atoms with Crippen LogP contribution in [0.5, 0.6) is 5.75 Å². The largest absolute Gasteiger partial charge is 0.482 e. The lowest BCUT2D eigenvalue weighted by molar-refractivity contribution is -0.149. The van der Waals surface area contributed by atoms with E-state index in [0.717, 1.165) is 21.2 Å². The first kappa shape index (κ1) is 19.0. The van der Waals surface area contributed by atoms with Crippen LogP contribution >= 0.6 is 15.9 Å². The van der Waals surface area contributed by atoms with Crippen LogP contribution in [0.3, 0.4) is 0 Å². The summed E-state index contributed by atoms with van der Waals surface area (Å²) in [4.78, 5) is 23.6. The van der Waals surface area contributed by atoms with Crippen LogP contribution < -0.4 is 10.1 Å². The number of hydrogen-bond donors (Lipinski definition) is 1. The maximum absolute atomic E-state index is 11.9. The molecule has 0 spiro atoms. The average molecular weight is 406 g/mol. The fraction of sp³-hybridized carbons (Fsp3) is 0.263. The van der Waals surface area contributed by atoms with Crippen LogP contribution in [-0.4, -0.2) is 25.1 Å². The van der Waals surface area contributed by atoms with Gasteiger partial charge in [-0.3, -0.25) is 4.79 Å². The molecule has 0 bridgehead atoms. The van der Waals surface area contributed by atoms with E-state index in [1.165, 1.54) is 0 Å². The Bertz CT molecular complexity index is 789. The fourth-order valence-corrected chi connectivity index (χ4v) is 2.56. The van der Waals surface area contributed by atoms with E-state index in [4.69, 9.17) is 9.47 Å². The third-order valence-electron chi connectivity index (χ3n) is 3.66. The van der Waals surface area contributed by atoms with Crippen molar-refractivity contribution in [2.75, 3.05) is 18.5 Å². The molecule has 0 saturated heterocycles. The normalized spacial score (nSPS) is 10.2. The summed E-state index contributed by atoms with van der Waals surface area (Å²) in [5.74, 6) is -0.402. The summed E-state index contributed by atoms with van der Waals surface area (Å²) in [5.41, 5.74) is 3.81. The Hall–Kier alpha value is -2.34. The van der Waals surface area contributed by atoms with Gasteiger partial charge in [0.2, 0.25) is 0 Å². The molecule has 1 amide bonds. The molecule has 132 valence electrons. The minimum Gasteiger partial charge on any atom is -0.482 e. The minimum absolute atomic E-state index is 0.243. The molecular weight excluding hydrogens is 386 g/mol. The summed E-state index contributed by atoms with van der Waals surface area (Å²) >= 11 is 3.36. The van der Waals surface area contributed by atoms with E-state index >= 15 is 0 Å². The summed E-state index contributed by atoms with van der Waals surface area (Å²) in [6.45, 7) is 5.25. The standard InChI is InChI=1S/C19H20BrNO4/c1-12-4-6-16(9-13(12)2)24-11-19(23)25-10-18(22)21-17-7-5-15(20)8-14(17)3/h4-9H,10-11H2,1-3H3,(H,21,22). The molecule has 6 heteroatoms. The second-order valence-corrected chi connectivity index (χ2v) is 6.62. The zero-order chi connectivity index (χ0) is 18.4. The molecule has 0 aliphatic carbocycles. The van der Waals surface area contributed by atoms with Gasteiger partial charge in [-0.1, -0.05) is 22.0 Å². The Morgan fingerprint density at radius 2 is 1.72 bits per heavy atom. The van der Waals surface area contributed by atoms with Crippen molar-refractivity contribution in [1.29, 1.82) is 0 Å². The van der Waals surface area contributed by atoms with Crippen LogP contribution in [0, 0.1) is 20.8 Å². The molecule has 5 nitrogen and oxygen atoms in total. The number of halogens is 1.